The molecule has 0 aromatic rings. The number of hydrogen-bond donors (Lipinski definition) is 1. The molecular formula is C11H18N2O3S. The Hall–Kier alpha value is -1.09. The molecule has 0 unspecified atom stereocenters. The molecule has 1 amide bonds. The second-order valence-electron chi connectivity index (χ2n) is 4.73. The number of nitrogens with one attached hydrogen (secondary N) is 1. The summed E-state index contributed by atoms with van der Waals surface area (Å²) in [5.74, 6) is -1.12. The molecule has 1 saturated carbocycles. The summed E-state index contributed by atoms with van der Waals surface area (Å²) in [6.07, 6.45) is 6.15. The number of nitrogens with zero attached hydrogens (tertiary/aromatic N) is 1. The van der Waals surface area contributed by atoms with E-state index in [9.17, 15) is 18.5 Å². The second kappa shape index (κ2) is 5.50. The van der Waals surface area contributed by atoms with Crippen molar-refractivity contribution in [1.82, 2.24) is 5.32 Å². The van der Waals surface area contributed by atoms with Crippen molar-refractivity contribution in [1.29, 1.82) is 5.26 Å². The smallest absolute Gasteiger partial charge is 0.236 e. The molecule has 1 aliphatic rings. The zero-order valence-electron chi connectivity index (χ0n) is 10.0. The first-order valence-corrected chi connectivity index (χ1v) is 7.83. The van der Waals surface area contributed by atoms with Crippen LogP contribution in [0, 0.1) is 11.3 Å². The van der Waals surface area contributed by atoms with Crippen LogP contribution >= 0.6 is 0 Å². The number of rotatable bonds is 3. The third-order valence-corrected chi connectivity index (χ3v) is 3.73. The van der Waals surface area contributed by atoms with E-state index in [-0.39, 0.29) is 0 Å². The van der Waals surface area contributed by atoms with E-state index in [0.717, 1.165) is 31.9 Å². The van der Waals surface area contributed by atoms with E-state index in [1.54, 1.807) is 0 Å². The maximum atomic E-state index is 11.6. The average Bonchev–Trinajstić information content (AvgIpc) is 2.41. The molecule has 0 saturated heterocycles. The van der Waals surface area contributed by atoms with Gasteiger partial charge >= 0.3 is 0 Å². The highest BCUT2D eigenvalue weighted by Crippen LogP contribution is 2.26. The molecule has 0 aromatic heterocycles. The quantitative estimate of drug-likeness (QED) is 0.757. The van der Waals surface area contributed by atoms with Crippen LogP contribution in [0.15, 0.2) is 0 Å². The molecule has 0 radical (unpaired) electrons. The van der Waals surface area contributed by atoms with Crippen LogP contribution in [0.4, 0.5) is 0 Å². The van der Waals surface area contributed by atoms with Gasteiger partial charge in [0.15, 0.2) is 9.84 Å². The minimum Gasteiger partial charge on any atom is -0.337 e. The molecule has 0 aromatic carbocycles. The van der Waals surface area contributed by atoms with Crippen molar-refractivity contribution in [2.75, 3.05) is 12.0 Å². The third kappa shape index (κ3) is 4.73. The zero-order chi connectivity index (χ0) is 12.9. The van der Waals surface area contributed by atoms with Crippen molar-refractivity contribution in [3.63, 3.8) is 0 Å². The number of amides is 1. The van der Waals surface area contributed by atoms with Crippen LogP contribution in [0.25, 0.3) is 0 Å². The Labute approximate surface area is 102 Å². The van der Waals surface area contributed by atoms with Gasteiger partial charge in [-0.15, -0.1) is 0 Å². The van der Waals surface area contributed by atoms with Crippen LogP contribution in [-0.2, 0) is 14.6 Å². The SMILES string of the molecule is CS(=O)(=O)CC(=O)NC1(C#N)CCCCCC1. The van der Waals surface area contributed by atoms with Crippen molar-refractivity contribution < 1.29 is 13.2 Å². The van der Waals surface area contributed by atoms with E-state index in [2.05, 4.69) is 11.4 Å². The van der Waals surface area contributed by atoms with Crippen molar-refractivity contribution in [2.45, 2.75) is 44.1 Å². The Balaban J connectivity index is 2.68. The minimum atomic E-state index is -3.34. The molecule has 1 fully saturated rings. The molecule has 6 heteroatoms. The van der Waals surface area contributed by atoms with Crippen LogP contribution in [-0.4, -0.2) is 31.9 Å². The molecule has 5 nitrogen and oxygen atoms in total. The lowest BCUT2D eigenvalue weighted by Gasteiger charge is -2.26. The number of carbonyl (C=O) groups excluding carboxylic acids is 1. The first kappa shape index (κ1) is 14.0. The summed E-state index contributed by atoms with van der Waals surface area (Å²) in [6, 6.07) is 2.15. The number of hydrogen-bond acceptors (Lipinski definition) is 4. The predicted octanol–water partition coefficient (Wildman–Crippen LogP) is 0.764. The molecule has 1 N–H and O–H groups in total. The van der Waals surface area contributed by atoms with E-state index in [1.807, 2.05) is 0 Å². The summed E-state index contributed by atoms with van der Waals surface area (Å²) in [7, 11) is -3.34. The van der Waals surface area contributed by atoms with Gasteiger partial charge < -0.3 is 5.32 Å². The van der Waals surface area contributed by atoms with Crippen LogP contribution in [0.1, 0.15) is 38.5 Å². The van der Waals surface area contributed by atoms with E-state index >= 15 is 0 Å². The molecule has 96 valence electrons. The summed E-state index contributed by atoms with van der Waals surface area (Å²) < 4.78 is 22.0. The van der Waals surface area contributed by atoms with Gasteiger partial charge in [-0.25, -0.2) is 8.42 Å². The summed E-state index contributed by atoms with van der Waals surface area (Å²) in [6.45, 7) is 0. The first-order valence-electron chi connectivity index (χ1n) is 5.77. The van der Waals surface area contributed by atoms with E-state index in [4.69, 9.17) is 0 Å². The topological polar surface area (TPSA) is 87.0 Å². The molecule has 0 bridgehead atoms. The molecule has 0 heterocycles. The Morgan fingerprint density at radius 3 is 2.24 bits per heavy atom. The number of nitriles is 1. The molecule has 0 aliphatic heterocycles. The highest BCUT2D eigenvalue weighted by Gasteiger charge is 2.33. The van der Waals surface area contributed by atoms with Gasteiger partial charge in [0.1, 0.15) is 11.3 Å². The van der Waals surface area contributed by atoms with Crippen molar-refractivity contribution in [3.8, 4) is 6.07 Å². The van der Waals surface area contributed by atoms with Gasteiger partial charge in [-0.05, 0) is 12.8 Å². The highest BCUT2D eigenvalue weighted by molar-refractivity contribution is 7.91. The van der Waals surface area contributed by atoms with Crippen LogP contribution < -0.4 is 5.32 Å². The Bertz CT molecular complexity index is 414. The molecule has 0 spiro atoms. The minimum absolute atomic E-state index is 0.545. The Morgan fingerprint density at radius 1 is 1.29 bits per heavy atom. The van der Waals surface area contributed by atoms with Gasteiger partial charge in [0, 0.05) is 6.26 Å². The largest absolute Gasteiger partial charge is 0.337 e. The van der Waals surface area contributed by atoms with Gasteiger partial charge in [-0.2, -0.15) is 5.26 Å². The molecule has 1 rings (SSSR count). The van der Waals surface area contributed by atoms with Crippen molar-refractivity contribution in [2.24, 2.45) is 0 Å². The fourth-order valence-corrected chi connectivity index (χ4v) is 2.69. The third-order valence-electron chi connectivity index (χ3n) is 2.94. The van der Waals surface area contributed by atoms with Gasteiger partial charge in [-0.3, -0.25) is 4.79 Å². The fraction of sp³-hybridized carbons (Fsp3) is 0.818. The standard InChI is InChI=1S/C11H18N2O3S/c1-17(15,16)8-10(14)13-11(9-12)6-4-2-3-5-7-11/h2-8H2,1H3,(H,13,14). The number of carbonyl (C=O) groups is 1. The van der Waals surface area contributed by atoms with Gasteiger partial charge in [0.05, 0.1) is 6.07 Å². The summed E-state index contributed by atoms with van der Waals surface area (Å²) >= 11 is 0. The van der Waals surface area contributed by atoms with Gasteiger partial charge in [0.2, 0.25) is 5.91 Å². The average molecular weight is 258 g/mol. The molecule has 0 atom stereocenters. The van der Waals surface area contributed by atoms with Crippen molar-refractivity contribution >= 4 is 15.7 Å². The normalized spacial score (nSPS) is 20.0. The van der Waals surface area contributed by atoms with Gasteiger partial charge in [-0.1, -0.05) is 25.7 Å². The number of sulfone groups is 1. The zero-order valence-corrected chi connectivity index (χ0v) is 10.8. The lowest BCUT2D eigenvalue weighted by Crippen LogP contribution is -2.48. The monoisotopic (exact) mass is 258 g/mol. The lowest BCUT2D eigenvalue weighted by atomic mass is 9.92. The van der Waals surface area contributed by atoms with Gasteiger partial charge in [0.25, 0.3) is 0 Å². The van der Waals surface area contributed by atoms with Crippen LogP contribution in [0.5, 0.6) is 0 Å². The van der Waals surface area contributed by atoms with Crippen LogP contribution in [0.2, 0.25) is 0 Å². The first-order chi connectivity index (χ1) is 7.87. The van der Waals surface area contributed by atoms with E-state index in [0.29, 0.717) is 12.8 Å². The summed E-state index contributed by atoms with van der Waals surface area (Å²) in [5.41, 5.74) is -0.863. The molecule has 17 heavy (non-hydrogen) atoms. The highest BCUT2D eigenvalue weighted by atomic mass is 32.2. The Morgan fingerprint density at radius 2 is 1.82 bits per heavy atom. The summed E-state index contributed by atoms with van der Waals surface area (Å²) in [5, 5.41) is 11.8. The lowest BCUT2D eigenvalue weighted by molar-refractivity contribution is -0.120. The van der Waals surface area contributed by atoms with Crippen LogP contribution in [0.3, 0.4) is 0 Å². The maximum absolute atomic E-state index is 11.6. The van der Waals surface area contributed by atoms with E-state index in [1.165, 1.54) is 0 Å². The van der Waals surface area contributed by atoms with Crippen molar-refractivity contribution in [3.05, 3.63) is 0 Å². The second-order valence-corrected chi connectivity index (χ2v) is 6.87. The van der Waals surface area contributed by atoms with E-state index < -0.39 is 27.0 Å². The summed E-state index contributed by atoms with van der Waals surface area (Å²) in [4.78, 5) is 11.6. The molecular weight excluding hydrogens is 240 g/mol. The maximum Gasteiger partial charge on any atom is 0.236 e. The fourth-order valence-electron chi connectivity index (χ4n) is 2.14. The predicted molar refractivity (Wildman–Crippen MR) is 63.9 cm³/mol. The molecule has 1 aliphatic carbocycles. The Kier molecular flexibility index (Phi) is 4.52.